The van der Waals surface area contributed by atoms with E-state index < -0.39 is 12.1 Å². The fraction of sp³-hybridized carbons (Fsp3) is 0.217. The molecule has 0 radical (unpaired) electrons. The number of allylic oxidation sites excluding steroid dienone is 4. The number of alkyl halides is 3. The topological polar surface area (TPSA) is 64.4 Å². The van der Waals surface area contributed by atoms with E-state index in [9.17, 15) is 18.0 Å². The predicted molar refractivity (Wildman–Crippen MR) is 109 cm³/mol. The maximum absolute atomic E-state index is 13.0. The minimum absolute atomic E-state index is 0.0357. The minimum atomic E-state index is -4.86. The highest BCUT2D eigenvalue weighted by atomic mass is 19.4. The monoisotopic (exact) mass is 428 g/mol. The number of aromatic nitrogens is 1. The number of halogens is 3. The number of hydrogen-bond acceptors (Lipinski definition) is 4. The number of carbonyl (C=O) groups is 1. The number of oxazole rings is 1. The Balaban J connectivity index is 1.69. The Morgan fingerprint density at radius 2 is 2.03 bits per heavy atom. The molecule has 1 N–H and O–H groups in total. The zero-order valence-electron chi connectivity index (χ0n) is 16.6. The largest absolute Gasteiger partial charge is 0.573 e. The summed E-state index contributed by atoms with van der Waals surface area (Å²) < 4.78 is 48.0. The summed E-state index contributed by atoms with van der Waals surface area (Å²) in [4.78, 5) is 17.3. The van der Waals surface area contributed by atoms with Gasteiger partial charge in [0, 0.05) is 11.6 Å². The molecule has 31 heavy (non-hydrogen) atoms. The van der Waals surface area contributed by atoms with Crippen molar-refractivity contribution < 1.29 is 27.1 Å². The van der Waals surface area contributed by atoms with E-state index in [1.54, 1.807) is 24.3 Å². The third-order valence-corrected chi connectivity index (χ3v) is 5.03. The fourth-order valence-electron chi connectivity index (χ4n) is 3.51. The van der Waals surface area contributed by atoms with Crippen LogP contribution in [0.25, 0.3) is 22.6 Å². The van der Waals surface area contributed by atoms with Crippen LogP contribution < -0.4 is 10.1 Å². The second-order valence-corrected chi connectivity index (χ2v) is 7.06. The van der Waals surface area contributed by atoms with Crippen LogP contribution in [0.4, 0.5) is 13.2 Å². The number of fused-ring (bicyclic) bond motifs is 1. The summed E-state index contributed by atoms with van der Waals surface area (Å²) in [5.41, 5.74) is 1.67. The van der Waals surface area contributed by atoms with Crippen LogP contribution in [-0.2, 0) is 0 Å². The standard InChI is InChI=1S/C23H19F3N2O3/c1-2-14-8-3-5-11-17(14)27-21(29)16-10-7-13-19-20(16)28-22(30-19)15-9-4-6-12-18(15)31-23(24,25)26/h3-7,9-14H,2,8H2,1H3,(H,27,29). The number of nitrogens with one attached hydrogen (secondary N) is 1. The van der Waals surface area contributed by atoms with Gasteiger partial charge in [-0.05, 0) is 43.2 Å². The molecule has 0 saturated heterocycles. The van der Waals surface area contributed by atoms with Crippen molar-refractivity contribution in [2.45, 2.75) is 26.1 Å². The van der Waals surface area contributed by atoms with Gasteiger partial charge in [-0.25, -0.2) is 4.98 Å². The molecule has 1 atom stereocenters. The maximum atomic E-state index is 13.0. The normalized spacial score (nSPS) is 16.3. The van der Waals surface area contributed by atoms with Gasteiger partial charge in [0.1, 0.15) is 11.3 Å². The summed E-state index contributed by atoms with van der Waals surface area (Å²) in [7, 11) is 0. The Morgan fingerprint density at radius 3 is 2.81 bits per heavy atom. The van der Waals surface area contributed by atoms with E-state index >= 15 is 0 Å². The van der Waals surface area contributed by atoms with Gasteiger partial charge in [-0.1, -0.05) is 37.3 Å². The molecule has 1 aliphatic rings. The highest BCUT2D eigenvalue weighted by molar-refractivity contribution is 6.05. The summed E-state index contributed by atoms with van der Waals surface area (Å²) in [6, 6.07) is 10.4. The summed E-state index contributed by atoms with van der Waals surface area (Å²) in [6.45, 7) is 2.05. The molecule has 0 fully saturated rings. The number of nitrogens with zero attached hydrogens (tertiary/aromatic N) is 1. The van der Waals surface area contributed by atoms with Crippen molar-refractivity contribution in [1.29, 1.82) is 0 Å². The Morgan fingerprint density at radius 1 is 1.23 bits per heavy atom. The molecule has 4 rings (SSSR count). The maximum Gasteiger partial charge on any atom is 0.573 e. The highest BCUT2D eigenvalue weighted by Crippen LogP contribution is 2.35. The van der Waals surface area contributed by atoms with E-state index in [0.29, 0.717) is 0 Å². The van der Waals surface area contributed by atoms with Crippen molar-refractivity contribution >= 4 is 17.0 Å². The summed E-state index contributed by atoms with van der Waals surface area (Å²) in [5, 5.41) is 2.94. The fourth-order valence-corrected chi connectivity index (χ4v) is 3.51. The lowest BCUT2D eigenvalue weighted by Gasteiger charge is -2.20. The molecule has 0 saturated carbocycles. The minimum Gasteiger partial charge on any atom is -0.436 e. The molecule has 2 aromatic carbocycles. The number of rotatable bonds is 5. The van der Waals surface area contributed by atoms with Gasteiger partial charge in [0.05, 0.1) is 11.1 Å². The van der Waals surface area contributed by atoms with Gasteiger partial charge in [-0.2, -0.15) is 0 Å². The molecule has 160 valence electrons. The first-order valence-corrected chi connectivity index (χ1v) is 9.78. The average Bonchev–Trinajstić information content (AvgIpc) is 3.17. The average molecular weight is 428 g/mol. The first-order chi connectivity index (χ1) is 14.9. The molecule has 1 heterocycles. The van der Waals surface area contributed by atoms with Gasteiger partial charge in [0.2, 0.25) is 5.89 Å². The van der Waals surface area contributed by atoms with Crippen LogP contribution in [0.2, 0.25) is 0 Å². The lowest BCUT2D eigenvalue weighted by atomic mass is 9.94. The Hall–Kier alpha value is -3.55. The molecule has 1 aliphatic carbocycles. The van der Waals surface area contributed by atoms with E-state index in [1.807, 2.05) is 12.2 Å². The molecule has 1 amide bonds. The van der Waals surface area contributed by atoms with Crippen molar-refractivity contribution in [2.24, 2.45) is 5.92 Å². The number of benzene rings is 2. The van der Waals surface area contributed by atoms with Crippen molar-refractivity contribution in [3.05, 3.63) is 72.0 Å². The first-order valence-electron chi connectivity index (χ1n) is 9.78. The number of para-hydroxylation sites is 2. The Bertz CT molecular complexity index is 1180. The van der Waals surface area contributed by atoms with Gasteiger partial charge in [-0.3, -0.25) is 4.79 Å². The van der Waals surface area contributed by atoms with Gasteiger partial charge in [0.25, 0.3) is 5.91 Å². The van der Waals surface area contributed by atoms with Gasteiger partial charge in [-0.15, -0.1) is 13.2 Å². The first kappa shape index (κ1) is 20.7. The summed E-state index contributed by atoms with van der Waals surface area (Å²) in [5.74, 6) is -0.642. The molecule has 8 heteroatoms. The molecular formula is C23H19F3N2O3. The van der Waals surface area contributed by atoms with E-state index in [0.717, 1.165) is 18.5 Å². The van der Waals surface area contributed by atoms with Crippen LogP contribution >= 0.6 is 0 Å². The van der Waals surface area contributed by atoms with Crippen LogP contribution in [0.5, 0.6) is 5.75 Å². The summed E-state index contributed by atoms with van der Waals surface area (Å²) in [6.07, 6.45) is 2.69. The molecule has 5 nitrogen and oxygen atoms in total. The second kappa shape index (κ2) is 8.29. The molecule has 1 aromatic heterocycles. The summed E-state index contributed by atoms with van der Waals surface area (Å²) >= 11 is 0. The van der Waals surface area contributed by atoms with Gasteiger partial charge in [0.15, 0.2) is 5.58 Å². The molecule has 1 unspecified atom stereocenters. The van der Waals surface area contributed by atoms with E-state index in [-0.39, 0.29) is 39.9 Å². The number of amides is 1. The van der Waals surface area contributed by atoms with Crippen LogP contribution in [0.1, 0.15) is 30.1 Å². The Labute approximate surface area is 176 Å². The zero-order chi connectivity index (χ0) is 22.0. The molecule has 0 bridgehead atoms. The predicted octanol–water partition coefficient (Wildman–Crippen LogP) is 5.99. The van der Waals surface area contributed by atoms with Crippen LogP contribution in [0.15, 0.2) is 70.8 Å². The quantitative estimate of drug-likeness (QED) is 0.542. The third-order valence-electron chi connectivity index (χ3n) is 5.03. The lowest BCUT2D eigenvalue weighted by Crippen LogP contribution is -2.28. The number of hydrogen-bond donors (Lipinski definition) is 1. The van der Waals surface area contributed by atoms with Crippen molar-refractivity contribution in [3.63, 3.8) is 0 Å². The highest BCUT2D eigenvalue weighted by Gasteiger charge is 2.33. The van der Waals surface area contributed by atoms with Crippen molar-refractivity contribution in [1.82, 2.24) is 10.3 Å². The van der Waals surface area contributed by atoms with Gasteiger partial charge < -0.3 is 14.5 Å². The van der Waals surface area contributed by atoms with Crippen LogP contribution in [0, 0.1) is 5.92 Å². The van der Waals surface area contributed by atoms with Gasteiger partial charge >= 0.3 is 6.36 Å². The molecule has 0 spiro atoms. The van der Waals surface area contributed by atoms with Crippen molar-refractivity contribution in [3.8, 4) is 17.2 Å². The second-order valence-electron chi connectivity index (χ2n) is 7.06. The van der Waals surface area contributed by atoms with Crippen molar-refractivity contribution in [2.75, 3.05) is 0 Å². The molecular weight excluding hydrogens is 409 g/mol. The number of carbonyl (C=O) groups excluding carboxylic acids is 1. The smallest absolute Gasteiger partial charge is 0.436 e. The van der Waals surface area contributed by atoms with E-state index in [4.69, 9.17) is 4.42 Å². The SMILES string of the molecule is CCC1CC=CC=C1NC(=O)c1cccc2oc(-c3ccccc3OC(F)(F)F)nc12. The van der Waals surface area contributed by atoms with Crippen LogP contribution in [-0.4, -0.2) is 17.3 Å². The molecule has 3 aromatic rings. The number of ether oxygens (including phenoxy) is 1. The van der Waals surface area contributed by atoms with Crippen LogP contribution in [0.3, 0.4) is 0 Å². The van der Waals surface area contributed by atoms with E-state index in [1.165, 1.54) is 18.2 Å². The Kier molecular flexibility index (Phi) is 5.54. The zero-order valence-corrected chi connectivity index (χ0v) is 16.6. The van der Waals surface area contributed by atoms with E-state index in [2.05, 4.69) is 28.0 Å². The lowest BCUT2D eigenvalue weighted by molar-refractivity contribution is -0.274. The third kappa shape index (κ3) is 4.47. The molecule has 0 aliphatic heterocycles.